The number of nitrogens with zero attached hydrogens (tertiary/aromatic N) is 4. The predicted molar refractivity (Wildman–Crippen MR) is 63.8 cm³/mol. The normalized spacial score (nSPS) is 10.0. The summed E-state index contributed by atoms with van der Waals surface area (Å²) >= 11 is 5.78. The van der Waals surface area contributed by atoms with Crippen molar-refractivity contribution in [3.8, 4) is 0 Å². The van der Waals surface area contributed by atoms with Crippen molar-refractivity contribution in [1.82, 2.24) is 14.8 Å². The Labute approximate surface area is 107 Å². The van der Waals surface area contributed by atoms with Crippen LogP contribution in [0.25, 0.3) is 4.85 Å². The monoisotopic (exact) mass is 262 g/mol. The summed E-state index contributed by atoms with van der Waals surface area (Å²) in [6.07, 6.45) is 0. The average molecular weight is 263 g/mol. The van der Waals surface area contributed by atoms with Crippen LogP contribution < -0.4 is 0 Å². The molecule has 1 aromatic carbocycles. The third-order valence-electron chi connectivity index (χ3n) is 2.19. The highest BCUT2D eigenvalue weighted by molar-refractivity contribution is 6.28. The van der Waals surface area contributed by atoms with Crippen LogP contribution >= 0.6 is 11.6 Å². The van der Waals surface area contributed by atoms with Crippen LogP contribution in [0, 0.1) is 6.57 Å². The third kappa shape index (κ3) is 2.47. The summed E-state index contributed by atoms with van der Waals surface area (Å²) in [5.41, 5.74) is 1.30. The van der Waals surface area contributed by atoms with Gasteiger partial charge in [0.25, 0.3) is 5.82 Å². The van der Waals surface area contributed by atoms with Crippen molar-refractivity contribution < 1.29 is 9.90 Å². The smallest absolute Gasteiger partial charge is 0.375 e. The summed E-state index contributed by atoms with van der Waals surface area (Å²) in [7, 11) is 0. The fourth-order valence-electron chi connectivity index (χ4n) is 1.41. The van der Waals surface area contributed by atoms with Crippen molar-refractivity contribution in [2.45, 2.75) is 6.54 Å². The molecular weight excluding hydrogens is 256 g/mol. The molecule has 0 unspecified atom stereocenters. The van der Waals surface area contributed by atoms with Gasteiger partial charge in [-0.2, -0.15) is 4.98 Å². The van der Waals surface area contributed by atoms with Crippen LogP contribution in [0.3, 0.4) is 0 Å². The highest BCUT2D eigenvalue weighted by Gasteiger charge is 2.13. The van der Waals surface area contributed by atoms with Crippen molar-refractivity contribution in [2.75, 3.05) is 0 Å². The number of benzene rings is 1. The molecule has 0 atom stereocenters. The average Bonchev–Trinajstić information content (AvgIpc) is 2.71. The van der Waals surface area contributed by atoms with Crippen molar-refractivity contribution >= 4 is 23.3 Å². The molecule has 0 amide bonds. The van der Waals surface area contributed by atoms with E-state index in [4.69, 9.17) is 23.3 Å². The van der Waals surface area contributed by atoms with Gasteiger partial charge in [0.2, 0.25) is 5.28 Å². The SMILES string of the molecule is [C-]#[N+]c1cccc(Cn2nc(C(=O)O)nc2Cl)c1. The summed E-state index contributed by atoms with van der Waals surface area (Å²) in [4.78, 5) is 17.6. The van der Waals surface area contributed by atoms with Gasteiger partial charge in [0.1, 0.15) is 0 Å². The van der Waals surface area contributed by atoms with Crippen LogP contribution in [0.15, 0.2) is 24.3 Å². The molecule has 7 heteroatoms. The van der Waals surface area contributed by atoms with Crippen LogP contribution in [0.5, 0.6) is 0 Å². The number of carboxylic acid groups (broad SMARTS) is 1. The van der Waals surface area contributed by atoms with Gasteiger partial charge in [0.05, 0.1) is 13.1 Å². The molecular formula is C11H7ClN4O2. The molecule has 0 aliphatic heterocycles. The number of hydrogen-bond acceptors (Lipinski definition) is 3. The number of aromatic nitrogens is 3. The summed E-state index contributed by atoms with van der Waals surface area (Å²) in [6, 6.07) is 6.91. The molecule has 0 aliphatic carbocycles. The molecule has 0 radical (unpaired) electrons. The Bertz CT molecular complexity index is 645. The van der Waals surface area contributed by atoms with E-state index in [1.165, 1.54) is 4.68 Å². The van der Waals surface area contributed by atoms with E-state index in [1.807, 2.05) is 0 Å². The maximum Gasteiger partial charge on any atom is 0.375 e. The zero-order chi connectivity index (χ0) is 13.1. The summed E-state index contributed by atoms with van der Waals surface area (Å²) < 4.78 is 1.27. The molecule has 1 heterocycles. The van der Waals surface area contributed by atoms with E-state index in [2.05, 4.69) is 14.9 Å². The quantitative estimate of drug-likeness (QED) is 0.861. The summed E-state index contributed by atoms with van der Waals surface area (Å²) in [5, 5.41) is 12.5. The number of halogens is 1. The highest BCUT2D eigenvalue weighted by Crippen LogP contribution is 2.16. The number of carbonyl (C=O) groups is 1. The minimum atomic E-state index is -1.23. The molecule has 90 valence electrons. The molecule has 1 aromatic heterocycles. The lowest BCUT2D eigenvalue weighted by molar-refractivity contribution is 0.0683. The van der Waals surface area contributed by atoms with Gasteiger partial charge in [0, 0.05) is 0 Å². The first-order chi connectivity index (χ1) is 8.60. The summed E-state index contributed by atoms with van der Waals surface area (Å²) in [5.74, 6) is -1.58. The maximum atomic E-state index is 10.7. The first kappa shape index (κ1) is 12.1. The largest absolute Gasteiger partial charge is 0.475 e. The van der Waals surface area contributed by atoms with Crippen LogP contribution in [0.4, 0.5) is 5.69 Å². The Morgan fingerprint density at radius 2 is 2.33 bits per heavy atom. The molecule has 0 spiro atoms. The zero-order valence-electron chi connectivity index (χ0n) is 9.04. The van der Waals surface area contributed by atoms with Gasteiger partial charge < -0.3 is 5.11 Å². The summed E-state index contributed by atoms with van der Waals surface area (Å²) in [6.45, 7) is 7.18. The van der Waals surface area contributed by atoms with Gasteiger partial charge in [0.15, 0.2) is 5.69 Å². The fraction of sp³-hybridized carbons (Fsp3) is 0.0909. The Balaban J connectivity index is 2.28. The van der Waals surface area contributed by atoms with Crippen molar-refractivity contribution in [2.24, 2.45) is 0 Å². The van der Waals surface area contributed by atoms with E-state index >= 15 is 0 Å². The first-order valence-corrected chi connectivity index (χ1v) is 5.28. The Kier molecular flexibility index (Phi) is 3.26. The van der Waals surface area contributed by atoms with Crippen molar-refractivity contribution in [3.05, 3.63) is 52.4 Å². The van der Waals surface area contributed by atoms with Gasteiger partial charge in [-0.1, -0.05) is 24.3 Å². The number of aromatic carboxylic acids is 1. The second kappa shape index (κ2) is 4.85. The van der Waals surface area contributed by atoms with Gasteiger partial charge in [-0.3, -0.25) is 0 Å². The molecule has 2 aromatic rings. The zero-order valence-corrected chi connectivity index (χ0v) is 9.79. The Morgan fingerprint density at radius 3 is 2.94 bits per heavy atom. The molecule has 6 nitrogen and oxygen atoms in total. The van der Waals surface area contributed by atoms with E-state index in [9.17, 15) is 4.79 Å². The Morgan fingerprint density at radius 1 is 1.56 bits per heavy atom. The molecule has 0 saturated heterocycles. The predicted octanol–water partition coefficient (Wildman–Crippen LogP) is 2.23. The topological polar surface area (TPSA) is 72.4 Å². The molecule has 0 bridgehead atoms. The standard InChI is InChI=1S/C11H7ClN4O2/c1-13-8-4-2-3-7(5-8)6-16-11(12)14-9(15-16)10(17)18/h2-5H,6H2,(H,17,18). The first-order valence-electron chi connectivity index (χ1n) is 4.90. The van der Waals surface area contributed by atoms with Crippen LogP contribution in [-0.4, -0.2) is 25.8 Å². The molecule has 18 heavy (non-hydrogen) atoms. The second-order valence-electron chi connectivity index (χ2n) is 3.45. The molecule has 0 aliphatic rings. The van der Waals surface area contributed by atoms with Gasteiger partial charge >= 0.3 is 5.97 Å². The minimum absolute atomic E-state index is 0.000570. The van der Waals surface area contributed by atoms with Crippen molar-refractivity contribution in [1.29, 1.82) is 0 Å². The highest BCUT2D eigenvalue weighted by atomic mass is 35.5. The van der Waals surface area contributed by atoms with E-state index < -0.39 is 5.97 Å². The van der Waals surface area contributed by atoms with Crippen molar-refractivity contribution in [3.63, 3.8) is 0 Å². The Hall–Kier alpha value is -2.39. The van der Waals surface area contributed by atoms with Crippen LogP contribution in [0.2, 0.25) is 5.28 Å². The molecule has 0 saturated carbocycles. The van der Waals surface area contributed by atoms with Crippen LogP contribution in [0.1, 0.15) is 16.2 Å². The lowest BCUT2D eigenvalue weighted by atomic mass is 10.2. The second-order valence-corrected chi connectivity index (χ2v) is 3.79. The van der Waals surface area contributed by atoms with E-state index in [1.54, 1.807) is 24.3 Å². The number of carboxylic acids is 1. The molecule has 2 rings (SSSR count). The number of rotatable bonds is 3. The van der Waals surface area contributed by atoms with Gasteiger partial charge in [-0.25, -0.2) is 14.3 Å². The third-order valence-corrected chi connectivity index (χ3v) is 2.47. The minimum Gasteiger partial charge on any atom is -0.475 e. The van der Waals surface area contributed by atoms with E-state index in [0.717, 1.165) is 5.56 Å². The van der Waals surface area contributed by atoms with Crippen LogP contribution in [-0.2, 0) is 6.54 Å². The number of hydrogen-bond donors (Lipinski definition) is 1. The molecule has 1 N–H and O–H groups in total. The maximum absolute atomic E-state index is 10.7. The van der Waals surface area contributed by atoms with E-state index in [-0.39, 0.29) is 17.7 Å². The molecule has 0 fully saturated rings. The van der Waals surface area contributed by atoms with Gasteiger partial charge in [-0.05, 0) is 17.2 Å². The lowest BCUT2D eigenvalue weighted by Gasteiger charge is -2.02. The lowest BCUT2D eigenvalue weighted by Crippen LogP contribution is -2.04. The van der Waals surface area contributed by atoms with Gasteiger partial charge in [-0.15, -0.1) is 5.10 Å². The fourth-order valence-corrected chi connectivity index (χ4v) is 1.59. The van der Waals surface area contributed by atoms with E-state index in [0.29, 0.717) is 5.69 Å².